The Hall–Kier alpha value is -3.19. The number of piperazine rings is 1. The number of amides is 2. The number of rotatable bonds is 4. The Morgan fingerprint density at radius 2 is 1.64 bits per heavy atom. The van der Waals surface area contributed by atoms with Gasteiger partial charge in [0.2, 0.25) is 5.91 Å². The number of aromatic nitrogens is 2. The monoisotopic (exact) mass is 527 g/mol. The van der Waals surface area contributed by atoms with Crippen LogP contribution in [0.15, 0.2) is 42.5 Å². The predicted molar refractivity (Wildman–Crippen MR) is 153 cm³/mol. The fourth-order valence-electron chi connectivity index (χ4n) is 6.94. The van der Waals surface area contributed by atoms with Crippen LogP contribution in [0.3, 0.4) is 0 Å². The maximum Gasteiger partial charge on any atom is 0.272 e. The smallest absolute Gasteiger partial charge is 0.272 e. The van der Waals surface area contributed by atoms with Crippen molar-refractivity contribution < 1.29 is 9.59 Å². The zero-order valence-electron chi connectivity index (χ0n) is 23.6. The minimum Gasteiger partial charge on any atom is -0.345 e. The molecular weight excluding hydrogens is 486 g/mol. The largest absolute Gasteiger partial charge is 0.345 e. The van der Waals surface area contributed by atoms with Gasteiger partial charge in [-0.1, -0.05) is 24.3 Å². The molecule has 1 saturated heterocycles. The van der Waals surface area contributed by atoms with E-state index in [9.17, 15) is 9.59 Å². The van der Waals surface area contributed by atoms with Crippen LogP contribution in [0.1, 0.15) is 77.8 Å². The summed E-state index contributed by atoms with van der Waals surface area (Å²) >= 11 is 0. The van der Waals surface area contributed by atoms with E-state index in [4.69, 9.17) is 5.10 Å². The Kier molecular flexibility index (Phi) is 6.74. The van der Waals surface area contributed by atoms with Gasteiger partial charge in [0.1, 0.15) is 0 Å². The topological polar surface area (TPSA) is 70.5 Å². The minimum absolute atomic E-state index is 0.0959. The van der Waals surface area contributed by atoms with Crippen LogP contribution >= 0.6 is 0 Å². The molecule has 2 aromatic rings. The van der Waals surface area contributed by atoms with Gasteiger partial charge in [0, 0.05) is 48.4 Å². The molecule has 7 nitrogen and oxygen atoms in total. The molecule has 3 heterocycles. The molecule has 0 radical (unpaired) electrons. The van der Waals surface area contributed by atoms with Crippen molar-refractivity contribution in [3.05, 3.63) is 70.6 Å². The maximum atomic E-state index is 13.6. The maximum absolute atomic E-state index is 13.6. The molecular formula is C32H41N5O2. The van der Waals surface area contributed by atoms with Gasteiger partial charge in [-0.3, -0.25) is 9.59 Å². The van der Waals surface area contributed by atoms with Crippen LogP contribution in [-0.4, -0.2) is 70.2 Å². The summed E-state index contributed by atoms with van der Waals surface area (Å²) in [6.07, 6.45) is 13.3. The molecule has 5 aliphatic rings. The summed E-state index contributed by atoms with van der Waals surface area (Å²) in [6.45, 7) is 7.81. The van der Waals surface area contributed by atoms with E-state index in [1.54, 1.807) is 0 Å². The molecule has 3 saturated carbocycles. The third-order valence-electron chi connectivity index (χ3n) is 9.87. The molecule has 39 heavy (non-hydrogen) atoms. The Morgan fingerprint density at radius 1 is 0.923 bits per heavy atom. The Labute approximate surface area is 231 Å². The number of fused-ring (bicyclic) bond motifs is 4. The lowest BCUT2D eigenvalue weighted by Crippen LogP contribution is -2.61. The molecule has 1 aromatic heterocycles. The van der Waals surface area contributed by atoms with Gasteiger partial charge in [-0.25, -0.2) is 4.68 Å². The Balaban J connectivity index is 1.18. The average Bonchev–Trinajstić information content (AvgIpc) is 3.35. The van der Waals surface area contributed by atoms with E-state index >= 15 is 0 Å². The molecule has 0 unspecified atom stereocenters. The van der Waals surface area contributed by atoms with Gasteiger partial charge < -0.3 is 15.1 Å². The Bertz CT molecular complexity index is 1320. The van der Waals surface area contributed by atoms with Crippen molar-refractivity contribution in [2.45, 2.75) is 70.8 Å². The van der Waals surface area contributed by atoms with Crippen LogP contribution in [0.25, 0.3) is 5.70 Å². The second kappa shape index (κ2) is 10.1. The molecule has 4 fully saturated rings. The van der Waals surface area contributed by atoms with Crippen LogP contribution in [0.2, 0.25) is 0 Å². The molecule has 206 valence electrons. The number of hydrogen-bond donors (Lipinski definition) is 1. The quantitative estimate of drug-likeness (QED) is 0.636. The first-order chi connectivity index (χ1) is 18.8. The van der Waals surface area contributed by atoms with Gasteiger partial charge in [0.05, 0.1) is 5.70 Å². The summed E-state index contributed by atoms with van der Waals surface area (Å²) < 4.78 is 1.96. The average molecular weight is 528 g/mol. The lowest BCUT2D eigenvalue weighted by molar-refractivity contribution is -0.151. The molecule has 2 aliphatic heterocycles. The second-order valence-electron chi connectivity index (χ2n) is 12.4. The zero-order chi connectivity index (χ0) is 27.2. The molecule has 3 aliphatic carbocycles. The van der Waals surface area contributed by atoms with Gasteiger partial charge in [-0.05, 0) is 102 Å². The van der Waals surface area contributed by atoms with E-state index in [2.05, 4.69) is 72.4 Å². The number of aryl methyl sites for hydroxylation is 3. The number of carbonyl (C=O) groups excluding carboxylic acids is 2. The zero-order valence-corrected chi connectivity index (χ0v) is 23.6. The van der Waals surface area contributed by atoms with Crippen LogP contribution in [0, 0.1) is 19.3 Å². The molecule has 0 spiro atoms. The highest BCUT2D eigenvalue weighted by atomic mass is 16.2. The number of likely N-dealkylation sites (N-methyl/N-ethyl adjacent to an activating group) is 1. The van der Waals surface area contributed by atoms with E-state index in [1.807, 2.05) is 10.7 Å². The summed E-state index contributed by atoms with van der Waals surface area (Å²) in [6, 6.07) is 8.44. The molecule has 2 bridgehead atoms. The SMILES string of the molecule is Cc1ccc(/C2=C/C=CCCc3cc(C(=O)NC45CCC(C(=O)N6CCN(C)CC6)(CC4)CC5)nn32)cc1C. The fraction of sp³-hybridized carbons (Fsp3) is 0.531. The Morgan fingerprint density at radius 3 is 2.33 bits per heavy atom. The fourth-order valence-corrected chi connectivity index (χ4v) is 6.94. The van der Waals surface area contributed by atoms with E-state index < -0.39 is 0 Å². The summed E-state index contributed by atoms with van der Waals surface area (Å²) in [5.41, 5.74) is 5.65. The highest BCUT2D eigenvalue weighted by Gasteiger charge is 2.54. The summed E-state index contributed by atoms with van der Waals surface area (Å²) in [4.78, 5) is 31.5. The van der Waals surface area contributed by atoms with E-state index in [0.29, 0.717) is 11.6 Å². The van der Waals surface area contributed by atoms with Crippen LogP contribution in [0.4, 0.5) is 0 Å². The third-order valence-corrected chi connectivity index (χ3v) is 9.87. The molecule has 7 rings (SSSR count). The standard InChI is InChI=1S/C32H41N5O2/c1-23-9-10-25(21-24(23)2)28-8-6-4-5-7-26-22-27(34-37(26)28)29(38)33-32-14-11-31(12-15-32,13-16-32)30(39)36-19-17-35(3)18-20-36/h4,6,8-10,21-22H,5,7,11-20H2,1-3H3,(H,33,38)/b6-4?,28-8-. The van der Waals surface area contributed by atoms with E-state index in [-0.39, 0.29) is 16.9 Å². The van der Waals surface area contributed by atoms with Crippen molar-refractivity contribution in [1.82, 2.24) is 24.9 Å². The highest BCUT2D eigenvalue weighted by Crippen LogP contribution is 2.53. The number of hydrogen-bond acceptors (Lipinski definition) is 4. The number of nitrogens with zero attached hydrogens (tertiary/aromatic N) is 4. The normalized spacial score (nSPS) is 28.3. The van der Waals surface area contributed by atoms with Crippen molar-refractivity contribution in [3.8, 4) is 0 Å². The lowest BCUT2D eigenvalue weighted by Gasteiger charge is -2.54. The molecule has 0 atom stereocenters. The van der Waals surface area contributed by atoms with Crippen molar-refractivity contribution in [3.63, 3.8) is 0 Å². The summed E-state index contributed by atoms with van der Waals surface area (Å²) in [7, 11) is 2.12. The lowest BCUT2D eigenvalue weighted by atomic mass is 9.56. The first-order valence-electron chi connectivity index (χ1n) is 14.6. The summed E-state index contributed by atoms with van der Waals surface area (Å²) in [5, 5.41) is 8.26. The third kappa shape index (κ3) is 4.86. The number of benzene rings is 1. The van der Waals surface area contributed by atoms with Crippen molar-refractivity contribution in [1.29, 1.82) is 0 Å². The van der Waals surface area contributed by atoms with Crippen molar-refractivity contribution in [2.75, 3.05) is 33.2 Å². The summed E-state index contributed by atoms with van der Waals surface area (Å²) in [5.74, 6) is 0.254. The molecule has 1 aromatic carbocycles. The van der Waals surface area contributed by atoms with E-state index in [1.165, 1.54) is 11.1 Å². The first-order valence-corrected chi connectivity index (χ1v) is 14.6. The van der Waals surface area contributed by atoms with Crippen molar-refractivity contribution >= 4 is 17.5 Å². The molecule has 2 amide bonds. The minimum atomic E-state index is -0.231. The highest BCUT2D eigenvalue weighted by molar-refractivity contribution is 5.93. The van der Waals surface area contributed by atoms with Gasteiger partial charge in [0.25, 0.3) is 5.91 Å². The first kappa shape index (κ1) is 26.1. The van der Waals surface area contributed by atoms with Crippen LogP contribution in [-0.2, 0) is 11.2 Å². The van der Waals surface area contributed by atoms with Gasteiger partial charge in [-0.15, -0.1) is 0 Å². The number of allylic oxidation sites excluding steroid dienone is 3. The van der Waals surface area contributed by atoms with Crippen LogP contribution in [0.5, 0.6) is 0 Å². The molecule has 1 N–H and O–H groups in total. The van der Waals surface area contributed by atoms with Crippen LogP contribution < -0.4 is 5.32 Å². The molecule has 7 heteroatoms. The van der Waals surface area contributed by atoms with Gasteiger partial charge in [-0.2, -0.15) is 5.10 Å². The van der Waals surface area contributed by atoms with Gasteiger partial charge in [0.15, 0.2) is 5.69 Å². The van der Waals surface area contributed by atoms with Crippen molar-refractivity contribution in [2.24, 2.45) is 5.41 Å². The van der Waals surface area contributed by atoms with E-state index in [0.717, 1.165) is 94.5 Å². The number of carbonyl (C=O) groups is 2. The number of nitrogens with one attached hydrogen (secondary N) is 1. The van der Waals surface area contributed by atoms with Gasteiger partial charge >= 0.3 is 0 Å². The predicted octanol–water partition coefficient (Wildman–Crippen LogP) is 4.49. The second-order valence-corrected chi connectivity index (χ2v) is 12.4.